The second kappa shape index (κ2) is 6.44. The molecule has 0 atom stereocenters. The Labute approximate surface area is 86.5 Å². The molecule has 0 aromatic heterocycles. The zero-order valence-electron chi connectivity index (χ0n) is 8.67. The van der Waals surface area contributed by atoms with Gasteiger partial charge in [0.2, 0.25) is 0 Å². The van der Waals surface area contributed by atoms with E-state index in [-0.39, 0.29) is 13.2 Å². The second-order valence-corrected chi connectivity index (χ2v) is 2.97. The minimum atomic E-state index is -4.22. The predicted molar refractivity (Wildman–Crippen MR) is 49.3 cm³/mol. The number of carbonyl (C=O) groups excluding carboxylic acids is 1. The van der Waals surface area contributed by atoms with Gasteiger partial charge in [-0.05, 0) is 14.0 Å². The van der Waals surface area contributed by atoms with E-state index in [9.17, 15) is 18.0 Å². The van der Waals surface area contributed by atoms with E-state index in [4.69, 9.17) is 0 Å². The minimum Gasteiger partial charge on any atom is -0.463 e. The van der Waals surface area contributed by atoms with Gasteiger partial charge in [0, 0.05) is 12.6 Å². The summed E-state index contributed by atoms with van der Waals surface area (Å²) >= 11 is 0. The number of nitrogens with zero attached hydrogens (tertiary/aromatic N) is 1. The molecule has 0 aliphatic heterocycles. The van der Waals surface area contributed by atoms with E-state index in [2.05, 4.69) is 4.74 Å². The van der Waals surface area contributed by atoms with E-state index < -0.39 is 18.7 Å². The van der Waals surface area contributed by atoms with Gasteiger partial charge in [-0.15, -0.1) is 0 Å². The summed E-state index contributed by atoms with van der Waals surface area (Å²) in [5, 5.41) is 0. The SMILES string of the molecule is CCOC(=O)/C=C/CN(C)CC(F)(F)F. The largest absolute Gasteiger partial charge is 0.463 e. The van der Waals surface area contributed by atoms with Gasteiger partial charge in [-0.1, -0.05) is 6.08 Å². The maximum atomic E-state index is 11.9. The summed E-state index contributed by atoms with van der Waals surface area (Å²) in [6.45, 7) is 0.960. The molecular weight excluding hydrogens is 211 g/mol. The molecule has 0 aliphatic carbocycles. The maximum absolute atomic E-state index is 11.9. The highest BCUT2D eigenvalue weighted by molar-refractivity contribution is 5.81. The first-order valence-corrected chi connectivity index (χ1v) is 4.43. The van der Waals surface area contributed by atoms with Crippen LogP contribution in [0.5, 0.6) is 0 Å². The fourth-order valence-corrected chi connectivity index (χ4v) is 0.890. The van der Waals surface area contributed by atoms with Crippen LogP contribution in [0.1, 0.15) is 6.92 Å². The Balaban J connectivity index is 3.80. The standard InChI is InChI=1S/C9H14F3NO2/c1-3-15-8(14)5-4-6-13(2)7-9(10,11)12/h4-5H,3,6-7H2,1-2H3/b5-4+. The van der Waals surface area contributed by atoms with E-state index in [1.165, 1.54) is 13.1 Å². The molecule has 0 saturated carbocycles. The van der Waals surface area contributed by atoms with Crippen LogP contribution in [-0.4, -0.2) is 43.8 Å². The molecule has 0 unspecified atom stereocenters. The average Bonchev–Trinajstić information content (AvgIpc) is 2.00. The molecule has 6 heteroatoms. The van der Waals surface area contributed by atoms with Crippen LogP contribution in [0.15, 0.2) is 12.2 Å². The molecular formula is C9H14F3NO2. The van der Waals surface area contributed by atoms with Crippen molar-refractivity contribution in [3.8, 4) is 0 Å². The van der Waals surface area contributed by atoms with Gasteiger partial charge in [0.1, 0.15) is 0 Å². The number of likely N-dealkylation sites (N-methyl/N-ethyl adjacent to an activating group) is 1. The number of hydrogen-bond acceptors (Lipinski definition) is 3. The van der Waals surface area contributed by atoms with Gasteiger partial charge in [0.05, 0.1) is 13.2 Å². The average molecular weight is 225 g/mol. The summed E-state index contributed by atoms with van der Waals surface area (Å²) < 4.78 is 40.1. The van der Waals surface area contributed by atoms with E-state index >= 15 is 0 Å². The Morgan fingerprint density at radius 2 is 2.07 bits per heavy atom. The third-order valence-corrected chi connectivity index (χ3v) is 1.41. The van der Waals surface area contributed by atoms with Crippen molar-refractivity contribution >= 4 is 5.97 Å². The molecule has 0 radical (unpaired) electrons. The Morgan fingerprint density at radius 1 is 1.47 bits per heavy atom. The fraction of sp³-hybridized carbons (Fsp3) is 0.667. The molecule has 0 fully saturated rings. The lowest BCUT2D eigenvalue weighted by atomic mass is 10.4. The van der Waals surface area contributed by atoms with Crippen molar-refractivity contribution in [3.63, 3.8) is 0 Å². The zero-order chi connectivity index (χ0) is 11.9. The smallest absolute Gasteiger partial charge is 0.401 e. The lowest BCUT2D eigenvalue weighted by Gasteiger charge is -2.16. The Bertz CT molecular complexity index is 226. The van der Waals surface area contributed by atoms with E-state index in [1.54, 1.807) is 6.92 Å². The van der Waals surface area contributed by atoms with E-state index in [0.29, 0.717) is 0 Å². The highest BCUT2D eigenvalue weighted by Crippen LogP contribution is 2.15. The topological polar surface area (TPSA) is 29.5 Å². The van der Waals surface area contributed by atoms with Crippen molar-refractivity contribution in [3.05, 3.63) is 12.2 Å². The molecule has 0 saturated heterocycles. The number of alkyl halides is 3. The van der Waals surface area contributed by atoms with E-state index in [0.717, 1.165) is 11.0 Å². The number of ether oxygens (including phenoxy) is 1. The van der Waals surface area contributed by atoms with Crippen LogP contribution < -0.4 is 0 Å². The third-order valence-electron chi connectivity index (χ3n) is 1.41. The van der Waals surface area contributed by atoms with Gasteiger partial charge in [-0.3, -0.25) is 4.90 Å². The molecule has 0 aromatic rings. The number of halogens is 3. The van der Waals surface area contributed by atoms with Crippen LogP contribution >= 0.6 is 0 Å². The van der Waals surface area contributed by atoms with Gasteiger partial charge in [0.15, 0.2) is 0 Å². The summed E-state index contributed by atoms with van der Waals surface area (Å²) in [5.74, 6) is -0.544. The quantitative estimate of drug-likeness (QED) is 0.525. The van der Waals surface area contributed by atoms with Crippen molar-refractivity contribution in [2.75, 3.05) is 26.7 Å². The highest BCUT2D eigenvalue weighted by Gasteiger charge is 2.28. The van der Waals surface area contributed by atoms with Crippen molar-refractivity contribution in [2.45, 2.75) is 13.1 Å². The fourth-order valence-electron chi connectivity index (χ4n) is 0.890. The Kier molecular flexibility index (Phi) is 6.00. The van der Waals surface area contributed by atoms with E-state index in [1.807, 2.05) is 0 Å². The molecule has 88 valence electrons. The molecule has 0 bridgehead atoms. The van der Waals surface area contributed by atoms with Crippen LogP contribution in [0.4, 0.5) is 13.2 Å². The molecule has 0 aliphatic rings. The van der Waals surface area contributed by atoms with Crippen molar-refractivity contribution in [1.82, 2.24) is 4.90 Å². The van der Waals surface area contributed by atoms with Gasteiger partial charge in [0.25, 0.3) is 0 Å². The van der Waals surface area contributed by atoms with Crippen LogP contribution in [-0.2, 0) is 9.53 Å². The third kappa shape index (κ3) is 9.27. The highest BCUT2D eigenvalue weighted by atomic mass is 19.4. The molecule has 0 rings (SSSR count). The lowest BCUT2D eigenvalue weighted by molar-refractivity contribution is -0.141. The summed E-state index contributed by atoms with van der Waals surface area (Å²) in [7, 11) is 1.32. The maximum Gasteiger partial charge on any atom is 0.401 e. The first-order valence-electron chi connectivity index (χ1n) is 4.43. The van der Waals surface area contributed by atoms with Gasteiger partial charge in [-0.25, -0.2) is 4.79 Å². The zero-order valence-corrected chi connectivity index (χ0v) is 8.67. The molecule has 3 nitrogen and oxygen atoms in total. The molecule has 0 spiro atoms. The second-order valence-electron chi connectivity index (χ2n) is 2.97. The predicted octanol–water partition coefficient (Wildman–Crippen LogP) is 1.60. The molecule has 0 heterocycles. The molecule has 0 amide bonds. The summed E-state index contributed by atoms with van der Waals surface area (Å²) in [4.78, 5) is 11.8. The van der Waals surface area contributed by atoms with Crippen LogP contribution in [0, 0.1) is 0 Å². The van der Waals surface area contributed by atoms with Crippen molar-refractivity contribution in [2.24, 2.45) is 0 Å². The van der Waals surface area contributed by atoms with Gasteiger partial charge < -0.3 is 4.74 Å². The molecule has 0 N–H and O–H groups in total. The lowest BCUT2D eigenvalue weighted by Crippen LogP contribution is -2.31. The first-order chi connectivity index (χ1) is 6.85. The van der Waals surface area contributed by atoms with Crippen LogP contribution in [0.2, 0.25) is 0 Å². The first kappa shape index (κ1) is 14.0. The van der Waals surface area contributed by atoms with Crippen LogP contribution in [0.25, 0.3) is 0 Å². The van der Waals surface area contributed by atoms with Crippen LogP contribution in [0.3, 0.4) is 0 Å². The number of carbonyl (C=O) groups is 1. The minimum absolute atomic E-state index is 0.0539. The summed E-state index contributed by atoms with van der Waals surface area (Å²) in [6, 6.07) is 0. The normalized spacial score (nSPS) is 12.4. The molecule has 15 heavy (non-hydrogen) atoms. The van der Waals surface area contributed by atoms with Gasteiger partial charge >= 0.3 is 12.1 Å². The summed E-state index contributed by atoms with van der Waals surface area (Å²) in [5.41, 5.74) is 0. The summed E-state index contributed by atoms with van der Waals surface area (Å²) in [6.07, 6.45) is -1.76. The van der Waals surface area contributed by atoms with Crippen molar-refractivity contribution < 1.29 is 22.7 Å². The number of rotatable bonds is 5. The van der Waals surface area contributed by atoms with Crippen molar-refractivity contribution in [1.29, 1.82) is 0 Å². The number of hydrogen-bond donors (Lipinski definition) is 0. The Morgan fingerprint density at radius 3 is 2.53 bits per heavy atom. The monoisotopic (exact) mass is 225 g/mol. The van der Waals surface area contributed by atoms with Gasteiger partial charge in [-0.2, -0.15) is 13.2 Å². The Hall–Kier alpha value is -1.04. The molecule has 0 aromatic carbocycles. The number of esters is 1.